The fourth-order valence-electron chi connectivity index (χ4n) is 4.37. The van der Waals surface area contributed by atoms with Crippen molar-refractivity contribution in [3.05, 3.63) is 18.5 Å². The van der Waals surface area contributed by atoms with Crippen LogP contribution in [0.2, 0.25) is 0 Å². The normalized spacial score (nSPS) is 25.4. The number of aliphatic hydroxyl groups excluding tert-OH is 1. The lowest BCUT2D eigenvalue weighted by atomic mass is 9.87. The molecule has 1 amide bonds. The van der Waals surface area contributed by atoms with Gasteiger partial charge in [-0.3, -0.25) is 4.79 Å². The van der Waals surface area contributed by atoms with Gasteiger partial charge < -0.3 is 30.1 Å². The van der Waals surface area contributed by atoms with Gasteiger partial charge in [0.05, 0.1) is 24.9 Å². The molecule has 34 heavy (non-hydrogen) atoms. The Kier molecular flexibility index (Phi) is 6.22. The molecule has 11 heteroatoms. The highest BCUT2D eigenvalue weighted by atomic mass is 16.5. The van der Waals surface area contributed by atoms with Gasteiger partial charge in [-0.2, -0.15) is 4.98 Å². The molecule has 0 aromatic carbocycles. The first kappa shape index (κ1) is 22.7. The number of rotatable bonds is 7. The van der Waals surface area contributed by atoms with Crippen LogP contribution in [0.1, 0.15) is 32.6 Å². The molecule has 0 bridgehead atoms. The van der Waals surface area contributed by atoms with E-state index in [0.29, 0.717) is 50.1 Å². The maximum atomic E-state index is 12.5. The molecule has 182 valence electrons. The molecule has 3 aliphatic rings. The molecular weight excluding hydrogens is 438 g/mol. The van der Waals surface area contributed by atoms with Crippen LogP contribution in [0.25, 0.3) is 11.3 Å². The molecular formula is C23H31N7O4. The van der Waals surface area contributed by atoms with Crippen molar-refractivity contribution in [2.24, 2.45) is 5.92 Å². The van der Waals surface area contributed by atoms with Crippen LogP contribution < -0.4 is 15.4 Å². The van der Waals surface area contributed by atoms with Gasteiger partial charge in [-0.15, -0.1) is 0 Å². The van der Waals surface area contributed by atoms with Crippen molar-refractivity contribution in [3.8, 4) is 17.1 Å². The molecule has 5 rings (SSSR count). The van der Waals surface area contributed by atoms with E-state index in [2.05, 4.69) is 26.8 Å². The first-order valence-corrected chi connectivity index (χ1v) is 11.8. The number of hydrogen-bond donors (Lipinski definition) is 2. The van der Waals surface area contributed by atoms with Gasteiger partial charge in [-0.25, -0.2) is 15.0 Å². The number of nitrogens with zero attached hydrogens (tertiary/aromatic N) is 6. The van der Waals surface area contributed by atoms with E-state index in [-0.39, 0.29) is 36.0 Å². The maximum absolute atomic E-state index is 12.5. The summed E-state index contributed by atoms with van der Waals surface area (Å²) in [7, 11) is 1.76. The summed E-state index contributed by atoms with van der Waals surface area (Å²) in [4.78, 5) is 33.8. The molecule has 3 heterocycles. The van der Waals surface area contributed by atoms with Crippen LogP contribution in [0.3, 0.4) is 0 Å². The fraction of sp³-hybridized carbons (Fsp3) is 0.609. The van der Waals surface area contributed by atoms with Gasteiger partial charge in [0.15, 0.2) is 0 Å². The highest BCUT2D eigenvalue weighted by Gasteiger charge is 2.41. The van der Waals surface area contributed by atoms with E-state index in [1.807, 2.05) is 0 Å². The van der Waals surface area contributed by atoms with Gasteiger partial charge in [0.2, 0.25) is 17.8 Å². The largest absolute Gasteiger partial charge is 0.474 e. The van der Waals surface area contributed by atoms with Crippen molar-refractivity contribution in [2.75, 3.05) is 37.4 Å². The lowest BCUT2D eigenvalue weighted by Crippen LogP contribution is -2.52. The molecule has 11 nitrogen and oxygen atoms in total. The smallest absolute Gasteiger partial charge is 0.251 e. The third kappa shape index (κ3) is 4.76. The number of nitrogens with two attached hydrogens (primary N) is 1. The lowest BCUT2D eigenvalue weighted by Gasteiger charge is -2.41. The van der Waals surface area contributed by atoms with Crippen molar-refractivity contribution in [1.82, 2.24) is 24.8 Å². The molecule has 3 N–H and O–H groups in total. The monoisotopic (exact) mass is 469 g/mol. The Morgan fingerprint density at radius 3 is 2.71 bits per heavy atom. The van der Waals surface area contributed by atoms with Crippen molar-refractivity contribution >= 4 is 17.8 Å². The van der Waals surface area contributed by atoms with Gasteiger partial charge in [-0.05, 0) is 25.7 Å². The standard InChI is InChI=1S/C23H31N7O4/c1-13-12-33-6-5-30(13)23-27-18(15-10-25-22(24)26-11-15)9-19(28-23)34-17-7-16(8-17)29(2)21(32)20(31)14-3-4-14/h9-11,13-14,16-17,20,31H,3-8,12H2,1-2H3,(H2,24,25,26)/t13-,16-,17-,20-/m0/s1. The number of amides is 1. The average Bonchev–Trinajstić information content (AvgIpc) is 3.66. The minimum atomic E-state index is -0.880. The summed E-state index contributed by atoms with van der Waals surface area (Å²) in [6.45, 7) is 3.97. The molecule has 2 aromatic heterocycles. The van der Waals surface area contributed by atoms with E-state index in [0.717, 1.165) is 18.4 Å². The summed E-state index contributed by atoms with van der Waals surface area (Å²) in [5, 5.41) is 10.2. The van der Waals surface area contributed by atoms with Crippen LogP contribution in [-0.4, -0.2) is 86.9 Å². The quantitative estimate of drug-likeness (QED) is 0.600. The Labute approximate surface area is 198 Å². The Morgan fingerprint density at radius 1 is 1.29 bits per heavy atom. The molecule has 2 aromatic rings. The van der Waals surface area contributed by atoms with Gasteiger partial charge in [0.25, 0.3) is 5.91 Å². The maximum Gasteiger partial charge on any atom is 0.251 e. The van der Waals surface area contributed by atoms with E-state index in [9.17, 15) is 9.90 Å². The zero-order chi connectivity index (χ0) is 23.8. The zero-order valence-corrected chi connectivity index (χ0v) is 19.5. The van der Waals surface area contributed by atoms with Crippen LogP contribution in [0.5, 0.6) is 5.88 Å². The Hall–Kier alpha value is -3.05. The summed E-state index contributed by atoms with van der Waals surface area (Å²) < 4.78 is 11.8. The minimum Gasteiger partial charge on any atom is -0.474 e. The Balaban J connectivity index is 1.31. The zero-order valence-electron chi connectivity index (χ0n) is 19.5. The molecule has 0 spiro atoms. The van der Waals surface area contributed by atoms with Gasteiger partial charge in [0, 0.05) is 56.5 Å². The molecule has 2 saturated carbocycles. The second-order valence-electron chi connectivity index (χ2n) is 9.44. The summed E-state index contributed by atoms with van der Waals surface area (Å²) in [6, 6.07) is 1.96. The predicted molar refractivity (Wildman–Crippen MR) is 124 cm³/mol. The number of likely N-dealkylation sites (N-methyl/N-ethyl adjacent to an activating group) is 1. The van der Waals surface area contributed by atoms with Crippen LogP contribution in [0.4, 0.5) is 11.9 Å². The van der Waals surface area contributed by atoms with Crippen LogP contribution >= 0.6 is 0 Å². The number of carbonyl (C=O) groups is 1. The van der Waals surface area contributed by atoms with Crippen molar-refractivity contribution in [3.63, 3.8) is 0 Å². The second kappa shape index (κ2) is 9.30. The van der Waals surface area contributed by atoms with Gasteiger partial charge in [0.1, 0.15) is 12.2 Å². The molecule has 0 unspecified atom stereocenters. The third-order valence-electron chi connectivity index (χ3n) is 6.86. The van der Waals surface area contributed by atoms with Crippen molar-refractivity contribution < 1.29 is 19.4 Å². The number of carbonyl (C=O) groups excluding carboxylic acids is 1. The van der Waals surface area contributed by atoms with Crippen molar-refractivity contribution in [2.45, 2.75) is 56.9 Å². The van der Waals surface area contributed by atoms with Crippen molar-refractivity contribution in [1.29, 1.82) is 0 Å². The van der Waals surface area contributed by atoms with Crippen LogP contribution in [0.15, 0.2) is 18.5 Å². The van der Waals surface area contributed by atoms with E-state index in [4.69, 9.17) is 20.2 Å². The number of aliphatic hydroxyl groups is 1. The number of aromatic nitrogens is 4. The highest BCUT2D eigenvalue weighted by Crippen LogP contribution is 2.36. The molecule has 2 aliphatic carbocycles. The van der Waals surface area contributed by atoms with Gasteiger partial charge in [-0.1, -0.05) is 0 Å². The highest BCUT2D eigenvalue weighted by molar-refractivity contribution is 5.81. The molecule has 1 aliphatic heterocycles. The predicted octanol–water partition coefficient (Wildman–Crippen LogP) is 0.880. The third-order valence-corrected chi connectivity index (χ3v) is 6.86. The summed E-state index contributed by atoms with van der Waals surface area (Å²) in [6.07, 6.45) is 5.54. The number of anilines is 2. The molecule has 2 atom stereocenters. The lowest BCUT2D eigenvalue weighted by molar-refractivity contribution is -0.145. The Bertz CT molecular complexity index is 1030. The SMILES string of the molecule is C[C@H]1COCCN1c1nc(O[C@H]2C[C@H](N(C)C(=O)[C@@H](O)C3CC3)C2)cc(-c2cnc(N)nc2)n1. The Morgan fingerprint density at radius 2 is 2.03 bits per heavy atom. The van der Waals surface area contributed by atoms with E-state index in [1.54, 1.807) is 30.4 Å². The minimum absolute atomic E-state index is 0.0523. The molecule has 1 saturated heterocycles. The first-order valence-electron chi connectivity index (χ1n) is 11.8. The topological polar surface area (TPSA) is 140 Å². The number of nitrogen functional groups attached to an aromatic ring is 1. The first-order chi connectivity index (χ1) is 16.4. The van der Waals surface area contributed by atoms with Crippen LogP contribution in [0, 0.1) is 5.92 Å². The van der Waals surface area contributed by atoms with E-state index >= 15 is 0 Å². The summed E-state index contributed by atoms with van der Waals surface area (Å²) in [5.41, 5.74) is 7.01. The average molecular weight is 470 g/mol. The van der Waals surface area contributed by atoms with E-state index in [1.165, 1.54) is 0 Å². The fourth-order valence-corrected chi connectivity index (χ4v) is 4.37. The van der Waals surface area contributed by atoms with Gasteiger partial charge >= 0.3 is 0 Å². The number of ether oxygens (including phenoxy) is 2. The summed E-state index contributed by atoms with van der Waals surface area (Å²) in [5.74, 6) is 1.16. The molecule has 3 fully saturated rings. The van der Waals surface area contributed by atoms with Crippen LogP contribution in [-0.2, 0) is 9.53 Å². The van der Waals surface area contributed by atoms with E-state index < -0.39 is 6.10 Å². The number of hydrogen-bond acceptors (Lipinski definition) is 10. The second-order valence-corrected chi connectivity index (χ2v) is 9.44. The molecule has 0 radical (unpaired) electrons. The number of morpholine rings is 1. The summed E-state index contributed by atoms with van der Waals surface area (Å²) >= 11 is 0.